The number of nitrogens with zero attached hydrogens (tertiary/aromatic N) is 2. The molecule has 2 atom stereocenters. The van der Waals surface area contributed by atoms with Gasteiger partial charge in [0.05, 0.1) is 13.2 Å². The van der Waals surface area contributed by atoms with E-state index in [0.717, 1.165) is 11.1 Å². The van der Waals surface area contributed by atoms with Gasteiger partial charge in [-0.2, -0.15) is 0 Å². The normalized spacial score (nSPS) is 19.3. The summed E-state index contributed by atoms with van der Waals surface area (Å²) < 4.78 is 25.0. The van der Waals surface area contributed by atoms with Crippen LogP contribution in [-0.2, 0) is 22.6 Å². The summed E-state index contributed by atoms with van der Waals surface area (Å²) in [5.41, 5.74) is 1.43. The van der Waals surface area contributed by atoms with Gasteiger partial charge in [-0.05, 0) is 38.3 Å². The number of carbonyl (C=O) groups excluding carboxylic acids is 2. The third kappa shape index (κ3) is 7.48. The molecule has 1 saturated heterocycles. The van der Waals surface area contributed by atoms with Crippen molar-refractivity contribution < 1.29 is 23.5 Å². The van der Waals surface area contributed by atoms with E-state index in [1.54, 1.807) is 34.9 Å². The number of rotatable bonds is 6. The van der Waals surface area contributed by atoms with E-state index in [2.05, 4.69) is 5.32 Å². The van der Waals surface area contributed by atoms with Crippen molar-refractivity contribution in [2.45, 2.75) is 52.1 Å². The summed E-state index contributed by atoms with van der Waals surface area (Å²) in [5.74, 6) is -0.312. The number of ether oxygens (including phenoxy) is 2. The molecule has 1 aromatic rings. The van der Waals surface area contributed by atoms with Crippen molar-refractivity contribution in [1.29, 1.82) is 0 Å². The molecule has 1 heterocycles. The van der Waals surface area contributed by atoms with Gasteiger partial charge >= 0.3 is 12.1 Å². The zero-order chi connectivity index (χ0) is 22.3. The maximum Gasteiger partial charge on any atom is 0.410 e. The number of methoxy groups -OCH3 is 1. The van der Waals surface area contributed by atoms with Gasteiger partial charge in [0.2, 0.25) is 0 Å². The SMILES string of the molecule is COCc1ccc(CNC(=O)N(C)CC2CCN(C(=O)OC(C)(C)C)CC2F)cc1. The summed E-state index contributed by atoms with van der Waals surface area (Å²) in [6, 6.07) is 7.55. The average molecular weight is 424 g/mol. The number of piperidine rings is 1. The van der Waals surface area contributed by atoms with Gasteiger partial charge in [0, 0.05) is 39.7 Å². The Kier molecular flexibility index (Phi) is 8.46. The van der Waals surface area contributed by atoms with Crippen molar-refractivity contribution in [1.82, 2.24) is 15.1 Å². The van der Waals surface area contributed by atoms with E-state index in [1.165, 1.54) is 9.80 Å². The Hall–Kier alpha value is -2.35. The Morgan fingerprint density at radius 2 is 1.87 bits per heavy atom. The molecule has 2 unspecified atom stereocenters. The Balaban J connectivity index is 1.77. The summed E-state index contributed by atoms with van der Waals surface area (Å²) in [7, 11) is 3.30. The first-order valence-electron chi connectivity index (χ1n) is 10.3. The molecule has 2 rings (SSSR count). The number of urea groups is 1. The van der Waals surface area contributed by atoms with E-state index in [9.17, 15) is 14.0 Å². The lowest BCUT2D eigenvalue weighted by atomic mass is 9.94. The predicted octanol–water partition coefficient (Wildman–Crippen LogP) is 3.57. The van der Waals surface area contributed by atoms with E-state index >= 15 is 0 Å². The van der Waals surface area contributed by atoms with Gasteiger partial charge in [0.15, 0.2) is 0 Å². The van der Waals surface area contributed by atoms with E-state index in [4.69, 9.17) is 9.47 Å². The summed E-state index contributed by atoms with van der Waals surface area (Å²) in [5, 5.41) is 2.86. The standard InChI is InChI=1S/C22H34FN3O4/c1-22(2,3)30-21(28)26-11-10-18(19(23)14-26)13-25(4)20(27)24-12-16-6-8-17(9-7-16)15-29-5/h6-9,18-19H,10-15H2,1-5H3,(H,24,27). The summed E-state index contributed by atoms with van der Waals surface area (Å²) in [4.78, 5) is 27.4. The molecule has 3 amide bonds. The van der Waals surface area contributed by atoms with Crippen molar-refractivity contribution in [3.05, 3.63) is 35.4 Å². The van der Waals surface area contributed by atoms with Crippen LogP contribution >= 0.6 is 0 Å². The molecule has 1 fully saturated rings. The maximum absolute atomic E-state index is 14.6. The summed E-state index contributed by atoms with van der Waals surface area (Å²) in [6.45, 7) is 7.00. The van der Waals surface area contributed by atoms with Gasteiger partial charge in [-0.25, -0.2) is 14.0 Å². The molecule has 0 bridgehead atoms. The molecule has 168 valence electrons. The van der Waals surface area contributed by atoms with Gasteiger partial charge in [-0.1, -0.05) is 24.3 Å². The first-order valence-corrected chi connectivity index (χ1v) is 10.3. The van der Waals surface area contributed by atoms with Crippen LogP contribution in [0.25, 0.3) is 0 Å². The van der Waals surface area contributed by atoms with Crippen LogP contribution in [0.5, 0.6) is 0 Å². The molecule has 1 N–H and O–H groups in total. The molecule has 1 aromatic carbocycles. The zero-order valence-electron chi connectivity index (χ0n) is 18.6. The van der Waals surface area contributed by atoms with Crippen LogP contribution in [0.2, 0.25) is 0 Å². The second-order valence-electron chi connectivity index (χ2n) is 8.78. The highest BCUT2D eigenvalue weighted by molar-refractivity contribution is 5.73. The Morgan fingerprint density at radius 1 is 1.23 bits per heavy atom. The quantitative estimate of drug-likeness (QED) is 0.759. The number of nitrogens with one attached hydrogen (secondary N) is 1. The Bertz CT molecular complexity index is 705. The van der Waals surface area contributed by atoms with E-state index in [0.29, 0.717) is 32.7 Å². The van der Waals surface area contributed by atoms with Crippen molar-refractivity contribution in [3.63, 3.8) is 0 Å². The predicted molar refractivity (Wildman–Crippen MR) is 113 cm³/mol. The molecule has 1 aliphatic heterocycles. The minimum absolute atomic E-state index is 0.0110. The molecule has 0 saturated carbocycles. The van der Waals surface area contributed by atoms with E-state index < -0.39 is 17.9 Å². The minimum Gasteiger partial charge on any atom is -0.444 e. The Labute approximate surface area is 178 Å². The third-order valence-corrected chi connectivity index (χ3v) is 4.96. The highest BCUT2D eigenvalue weighted by atomic mass is 19.1. The van der Waals surface area contributed by atoms with Crippen molar-refractivity contribution in [3.8, 4) is 0 Å². The van der Waals surface area contributed by atoms with E-state index in [1.807, 2.05) is 24.3 Å². The molecule has 1 aliphatic rings. The molecule has 0 spiro atoms. The number of amides is 3. The summed E-state index contributed by atoms with van der Waals surface area (Å²) in [6.07, 6.45) is -1.21. The number of alkyl halides is 1. The lowest BCUT2D eigenvalue weighted by molar-refractivity contribution is 0.00342. The van der Waals surface area contributed by atoms with Crippen LogP contribution in [0.15, 0.2) is 24.3 Å². The third-order valence-electron chi connectivity index (χ3n) is 4.96. The van der Waals surface area contributed by atoms with Crippen LogP contribution in [-0.4, -0.2) is 67.5 Å². The van der Waals surface area contributed by atoms with Crippen LogP contribution in [0.4, 0.5) is 14.0 Å². The topological polar surface area (TPSA) is 71.1 Å². The first kappa shape index (κ1) is 23.9. The number of likely N-dealkylation sites (tertiary alicyclic amines) is 1. The van der Waals surface area contributed by atoms with Gasteiger partial charge < -0.3 is 24.6 Å². The van der Waals surface area contributed by atoms with Crippen LogP contribution in [0, 0.1) is 5.92 Å². The second kappa shape index (κ2) is 10.6. The molecule has 30 heavy (non-hydrogen) atoms. The van der Waals surface area contributed by atoms with Gasteiger partial charge in [0.1, 0.15) is 11.8 Å². The fourth-order valence-corrected chi connectivity index (χ4v) is 3.32. The van der Waals surface area contributed by atoms with Gasteiger partial charge in [0.25, 0.3) is 0 Å². The number of halogens is 1. The maximum atomic E-state index is 14.6. The first-order chi connectivity index (χ1) is 14.1. The largest absolute Gasteiger partial charge is 0.444 e. The highest BCUT2D eigenvalue weighted by Crippen LogP contribution is 2.23. The van der Waals surface area contributed by atoms with Crippen molar-refractivity contribution in [2.24, 2.45) is 5.92 Å². The average Bonchev–Trinajstić information content (AvgIpc) is 2.67. The molecular formula is C22H34FN3O4. The molecule has 0 aliphatic carbocycles. The van der Waals surface area contributed by atoms with Crippen LogP contribution < -0.4 is 5.32 Å². The van der Waals surface area contributed by atoms with Crippen LogP contribution in [0.1, 0.15) is 38.3 Å². The van der Waals surface area contributed by atoms with Crippen LogP contribution in [0.3, 0.4) is 0 Å². The van der Waals surface area contributed by atoms with Gasteiger partial charge in [-0.15, -0.1) is 0 Å². The highest BCUT2D eigenvalue weighted by Gasteiger charge is 2.34. The molecule has 0 radical (unpaired) electrons. The number of hydrogen-bond acceptors (Lipinski definition) is 4. The molecule has 0 aromatic heterocycles. The second-order valence-corrected chi connectivity index (χ2v) is 8.78. The molecule has 7 nitrogen and oxygen atoms in total. The van der Waals surface area contributed by atoms with Gasteiger partial charge in [-0.3, -0.25) is 0 Å². The number of carbonyl (C=O) groups is 2. The molecular weight excluding hydrogens is 389 g/mol. The monoisotopic (exact) mass is 423 g/mol. The fraction of sp³-hybridized carbons (Fsp3) is 0.636. The smallest absolute Gasteiger partial charge is 0.410 e. The van der Waals surface area contributed by atoms with Crippen molar-refractivity contribution >= 4 is 12.1 Å². The Morgan fingerprint density at radius 3 is 2.43 bits per heavy atom. The minimum atomic E-state index is -1.20. The number of hydrogen-bond donors (Lipinski definition) is 1. The zero-order valence-corrected chi connectivity index (χ0v) is 18.6. The molecule has 8 heteroatoms. The fourth-order valence-electron chi connectivity index (χ4n) is 3.32. The van der Waals surface area contributed by atoms with E-state index in [-0.39, 0.29) is 18.5 Å². The van der Waals surface area contributed by atoms with Crippen molar-refractivity contribution in [2.75, 3.05) is 33.8 Å². The lowest BCUT2D eigenvalue weighted by Crippen LogP contribution is -2.50. The number of benzene rings is 1. The lowest BCUT2D eigenvalue weighted by Gasteiger charge is -2.37. The summed E-state index contributed by atoms with van der Waals surface area (Å²) >= 11 is 0.